The molecule has 0 fully saturated rings. The van der Waals surface area contributed by atoms with Crippen molar-refractivity contribution in [2.24, 2.45) is 5.41 Å². The molecule has 6 heteroatoms. The van der Waals surface area contributed by atoms with Crippen molar-refractivity contribution in [2.75, 3.05) is 6.61 Å². The van der Waals surface area contributed by atoms with Crippen molar-refractivity contribution in [3.63, 3.8) is 0 Å². The highest BCUT2D eigenvalue weighted by atomic mass is 32.1. The van der Waals surface area contributed by atoms with Crippen LogP contribution in [-0.4, -0.2) is 28.8 Å². The molecule has 3 N–H and O–H groups in total. The van der Waals surface area contributed by atoms with E-state index in [4.69, 9.17) is 0 Å². The Morgan fingerprint density at radius 1 is 1.53 bits per heavy atom. The molecule has 1 atom stereocenters. The van der Waals surface area contributed by atoms with Gasteiger partial charge in [0.15, 0.2) is 0 Å². The summed E-state index contributed by atoms with van der Waals surface area (Å²) >= 11 is 1.56. The fourth-order valence-electron chi connectivity index (χ4n) is 1.78. The molecule has 1 heterocycles. The SMILES string of the molecule is Cc1cnc(CNC(=O)NC(CO)CC(C)(C)C)s1. The van der Waals surface area contributed by atoms with E-state index in [-0.39, 0.29) is 24.1 Å². The van der Waals surface area contributed by atoms with Crippen molar-refractivity contribution in [2.45, 2.75) is 46.7 Å². The Morgan fingerprint density at radius 2 is 2.21 bits per heavy atom. The minimum Gasteiger partial charge on any atom is -0.394 e. The van der Waals surface area contributed by atoms with E-state index < -0.39 is 0 Å². The summed E-state index contributed by atoms with van der Waals surface area (Å²) < 4.78 is 0. The molecule has 0 saturated carbocycles. The summed E-state index contributed by atoms with van der Waals surface area (Å²) in [6.45, 7) is 8.57. The first-order chi connectivity index (χ1) is 8.80. The molecule has 1 rings (SSSR count). The van der Waals surface area contributed by atoms with E-state index in [1.807, 2.05) is 6.92 Å². The number of aromatic nitrogens is 1. The lowest BCUT2D eigenvalue weighted by atomic mass is 9.88. The number of thiazole rings is 1. The van der Waals surface area contributed by atoms with Crippen LogP contribution in [0.4, 0.5) is 4.79 Å². The van der Waals surface area contributed by atoms with Crippen molar-refractivity contribution in [3.8, 4) is 0 Å². The van der Waals surface area contributed by atoms with Crippen LogP contribution < -0.4 is 10.6 Å². The summed E-state index contributed by atoms with van der Waals surface area (Å²) in [5.41, 5.74) is 0.0626. The van der Waals surface area contributed by atoms with Crippen molar-refractivity contribution >= 4 is 17.4 Å². The van der Waals surface area contributed by atoms with E-state index in [9.17, 15) is 9.90 Å². The highest BCUT2D eigenvalue weighted by Crippen LogP contribution is 2.20. The summed E-state index contributed by atoms with van der Waals surface area (Å²) in [6, 6.07) is -0.491. The summed E-state index contributed by atoms with van der Waals surface area (Å²) in [5.74, 6) is 0. The number of rotatable bonds is 5. The molecular formula is C13H23N3O2S. The van der Waals surface area contributed by atoms with Gasteiger partial charge in [-0.2, -0.15) is 0 Å². The quantitative estimate of drug-likeness (QED) is 0.775. The topological polar surface area (TPSA) is 74.2 Å². The molecular weight excluding hydrogens is 262 g/mol. The standard InChI is InChI=1S/C13H23N3O2S/c1-9-6-14-11(19-9)7-15-12(18)16-10(8-17)5-13(2,3)4/h6,10,17H,5,7-8H2,1-4H3,(H2,15,16,18). The number of carbonyl (C=O) groups excluding carboxylic acids is 1. The number of amides is 2. The third-order valence-corrected chi connectivity index (χ3v) is 3.40. The zero-order valence-electron chi connectivity index (χ0n) is 12.0. The average Bonchev–Trinajstić information content (AvgIpc) is 2.70. The van der Waals surface area contributed by atoms with Crippen molar-refractivity contribution in [1.82, 2.24) is 15.6 Å². The molecule has 0 aliphatic heterocycles. The lowest BCUT2D eigenvalue weighted by Crippen LogP contribution is -2.45. The monoisotopic (exact) mass is 285 g/mol. The molecule has 1 aromatic heterocycles. The number of aliphatic hydroxyl groups excluding tert-OH is 1. The summed E-state index contributed by atoms with van der Waals surface area (Å²) in [6.07, 6.45) is 2.52. The third kappa shape index (κ3) is 6.54. The third-order valence-electron chi connectivity index (χ3n) is 2.48. The molecule has 1 unspecified atom stereocenters. The normalized spacial score (nSPS) is 13.1. The maximum Gasteiger partial charge on any atom is 0.315 e. The van der Waals surface area contributed by atoms with Gasteiger partial charge < -0.3 is 15.7 Å². The molecule has 0 saturated heterocycles. The maximum absolute atomic E-state index is 11.7. The van der Waals surface area contributed by atoms with E-state index in [1.165, 1.54) is 0 Å². The molecule has 0 aliphatic carbocycles. The van der Waals surface area contributed by atoms with Crippen LogP contribution >= 0.6 is 11.3 Å². The number of hydrogen-bond donors (Lipinski definition) is 3. The molecule has 0 spiro atoms. The Bertz CT molecular complexity index is 412. The maximum atomic E-state index is 11.7. The minimum absolute atomic E-state index is 0.0545. The first-order valence-electron chi connectivity index (χ1n) is 6.36. The second-order valence-electron chi connectivity index (χ2n) is 5.84. The van der Waals surface area contributed by atoms with Crippen LogP contribution in [0.3, 0.4) is 0 Å². The van der Waals surface area contributed by atoms with Gasteiger partial charge in [0.2, 0.25) is 0 Å². The summed E-state index contributed by atoms with van der Waals surface area (Å²) in [4.78, 5) is 17.0. The Kier molecular flexibility index (Phi) is 5.75. The van der Waals surface area contributed by atoms with Crippen LogP contribution in [0, 0.1) is 12.3 Å². The Morgan fingerprint density at radius 3 is 2.68 bits per heavy atom. The Labute approximate surface area is 118 Å². The summed E-state index contributed by atoms with van der Waals surface area (Å²) in [7, 11) is 0. The number of nitrogens with zero attached hydrogens (tertiary/aromatic N) is 1. The smallest absolute Gasteiger partial charge is 0.315 e. The van der Waals surface area contributed by atoms with Gasteiger partial charge in [-0.3, -0.25) is 0 Å². The van der Waals surface area contributed by atoms with Crippen molar-refractivity contribution in [3.05, 3.63) is 16.1 Å². The number of hydrogen-bond acceptors (Lipinski definition) is 4. The number of carbonyl (C=O) groups is 1. The average molecular weight is 285 g/mol. The second kappa shape index (κ2) is 6.86. The van der Waals surface area contributed by atoms with Gasteiger partial charge in [0.05, 0.1) is 19.2 Å². The predicted octanol–water partition coefficient (Wildman–Crippen LogP) is 2.05. The van der Waals surface area contributed by atoms with Gasteiger partial charge >= 0.3 is 6.03 Å². The zero-order valence-corrected chi connectivity index (χ0v) is 12.8. The van der Waals surface area contributed by atoms with Gasteiger partial charge in [0, 0.05) is 11.1 Å². The van der Waals surface area contributed by atoms with Crippen LogP contribution in [0.5, 0.6) is 0 Å². The molecule has 0 radical (unpaired) electrons. The molecule has 19 heavy (non-hydrogen) atoms. The highest BCUT2D eigenvalue weighted by molar-refractivity contribution is 7.11. The van der Waals surface area contributed by atoms with Gasteiger partial charge in [-0.15, -0.1) is 11.3 Å². The van der Waals surface area contributed by atoms with Crippen molar-refractivity contribution in [1.29, 1.82) is 0 Å². The van der Waals surface area contributed by atoms with E-state index in [0.717, 1.165) is 16.3 Å². The molecule has 0 aromatic carbocycles. The largest absolute Gasteiger partial charge is 0.394 e. The number of nitrogens with one attached hydrogen (secondary N) is 2. The number of urea groups is 1. The molecule has 1 aromatic rings. The zero-order chi connectivity index (χ0) is 14.5. The molecule has 108 valence electrons. The fourth-order valence-corrected chi connectivity index (χ4v) is 2.50. The van der Waals surface area contributed by atoms with Crippen LogP contribution in [0.15, 0.2) is 6.20 Å². The summed E-state index contributed by atoms with van der Waals surface area (Å²) in [5, 5.41) is 15.7. The highest BCUT2D eigenvalue weighted by Gasteiger charge is 2.19. The molecule has 0 bridgehead atoms. The van der Waals surface area contributed by atoms with Crippen LogP contribution in [0.1, 0.15) is 37.1 Å². The van der Waals surface area contributed by atoms with Crippen LogP contribution in [-0.2, 0) is 6.54 Å². The van der Waals surface area contributed by atoms with Gasteiger partial charge in [0.1, 0.15) is 5.01 Å². The van der Waals surface area contributed by atoms with Gasteiger partial charge in [0.25, 0.3) is 0 Å². The van der Waals surface area contributed by atoms with Crippen LogP contribution in [0.25, 0.3) is 0 Å². The van der Waals surface area contributed by atoms with E-state index in [1.54, 1.807) is 17.5 Å². The van der Waals surface area contributed by atoms with Gasteiger partial charge in [-0.25, -0.2) is 9.78 Å². The van der Waals surface area contributed by atoms with E-state index >= 15 is 0 Å². The minimum atomic E-state index is -0.267. The van der Waals surface area contributed by atoms with E-state index in [0.29, 0.717) is 6.54 Å². The predicted molar refractivity (Wildman–Crippen MR) is 77.2 cm³/mol. The van der Waals surface area contributed by atoms with Crippen LogP contribution in [0.2, 0.25) is 0 Å². The van der Waals surface area contributed by atoms with E-state index in [2.05, 4.69) is 36.4 Å². The molecule has 2 amide bonds. The number of aliphatic hydroxyl groups is 1. The lowest BCUT2D eigenvalue weighted by molar-refractivity contribution is 0.190. The van der Waals surface area contributed by atoms with Gasteiger partial charge in [-0.1, -0.05) is 20.8 Å². The second-order valence-corrected chi connectivity index (χ2v) is 7.16. The Hall–Kier alpha value is -1.14. The molecule has 0 aliphatic rings. The number of aryl methyl sites for hydroxylation is 1. The fraction of sp³-hybridized carbons (Fsp3) is 0.692. The first-order valence-corrected chi connectivity index (χ1v) is 7.18. The molecule has 5 nitrogen and oxygen atoms in total. The van der Waals surface area contributed by atoms with Gasteiger partial charge in [-0.05, 0) is 18.8 Å². The Balaban J connectivity index is 2.37. The first kappa shape index (κ1) is 15.9. The lowest BCUT2D eigenvalue weighted by Gasteiger charge is -2.25. The van der Waals surface area contributed by atoms with Crippen molar-refractivity contribution < 1.29 is 9.90 Å².